The lowest BCUT2D eigenvalue weighted by molar-refractivity contribution is -0.188. The molecule has 0 N–H and O–H groups in total. The minimum Gasteiger partial charge on any atom is -0.355 e. The second-order valence-corrected chi connectivity index (χ2v) is 11.7. The molecule has 0 bridgehead atoms. The Labute approximate surface area is 212 Å². The maximum atomic E-state index is 13.5. The summed E-state index contributed by atoms with van der Waals surface area (Å²) in [5.41, 5.74) is 2.41. The number of aromatic nitrogens is 1. The van der Waals surface area contributed by atoms with Crippen molar-refractivity contribution in [2.24, 2.45) is 5.92 Å². The second-order valence-electron chi connectivity index (χ2n) is 9.82. The fourth-order valence-electron chi connectivity index (χ4n) is 5.23. The first-order valence-electron chi connectivity index (χ1n) is 12.6. The Morgan fingerprint density at radius 3 is 2.28 bits per heavy atom. The second kappa shape index (κ2) is 10.1. The van der Waals surface area contributed by atoms with Crippen molar-refractivity contribution in [3.8, 4) is 0 Å². The first-order chi connectivity index (χ1) is 17.3. The van der Waals surface area contributed by atoms with Gasteiger partial charge < -0.3 is 18.9 Å². The summed E-state index contributed by atoms with van der Waals surface area (Å²) in [6.45, 7) is 6.64. The van der Waals surface area contributed by atoms with E-state index in [1.54, 1.807) is 13.0 Å². The monoisotopic (exact) mass is 515 g/mol. The van der Waals surface area contributed by atoms with E-state index in [0.717, 1.165) is 11.1 Å². The Kier molecular flexibility index (Phi) is 7.04. The molecule has 36 heavy (non-hydrogen) atoms. The summed E-state index contributed by atoms with van der Waals surface area (Å²) in [6, 6.07) is 7.90. The van der Waals surface area contributed by atoms with Gasteiger partial charge in [0.15, 0.2) is 16.4 Å². The van der Waals surface area contributed by atoms with Crippen LogP contribution in [0, 0.1) is 19.8 Å². The molecule has 10 heteroatoms. The number of aryl methyl sites for hydroxylation is 2. The molecule has 194 valence electrons. The molecule has 0 atom stereocenters. The van der Waals surface area contributed by atoms with Gasteiger partial charge in [0.25, 0.3) is 0 Å². The normalized spacial score (nSPS) is 21.6. The van der Waals surface area contributed by atoms with E-state index in [0.29, 0.717) is 57.7 Å². The van der Waals surface area contributed by atoms with Crippen molar-refractivity contribution >= 4 is 28.1 Å². The Morgan fingerprint density at radius 2 is 1.64 bits per heavy atom. The first-order valence-corrected chi connectivity index (χ1v) is 14.0. The van der Waals surface area contributed by atoms with E-state index < -0.39 is 15.8 Å². The van der Waals surface area contributed by atoms with E-state index >= 15 is 0 Å². The molecule has 0 radical (unpaired) electrons. The van der Waals surface area contributed by atoms with Crippen LogP contribution in [0.4, 0.5) is 0 Å². The molecule has 0 unspecified atom stereocenters. The summed E-state index contributed by atoms with van der Waals surface area (Å²) >= 11 is 0. The molecule has 4 heterocycles. The SMILES string of the molecule is Cc1ccc(/C=C/c2onc(C)c2S(=O)(=O)N2CCC(C(=O)N3CCC4(CC3)OCCO4)CC2)cc1. The average Bonchev–Trinajstić information content (AvgIpc) is 3.50. The number of piperidine rings is 2. The molecule has 1 aromatic carbocycles. The maximum absolute atomic E-state index is 13.5. The van der Waals surface area contributed by atoms with Crippen molar-refractivity contribution < 1.29 is 27.2 Å². The van der Waals surface area contributed by atoms with Gasteiger partial charge in [0, 0.05) is 44.9 Å². The maximum Gasteiger partial charge on any atom is 0.248 e. The fourth-order valence-corrected chi connectivity index (χ4v) is 6.95. The van der Waals surface area contributed by atoms with E-state index in [2.05, 4.69) is 5.16 Å². The van der Waals surface area contributed by atoms with Crippen molar-refractivity contribution in [3.63, 3.8) is 0 Å². The quantitative estimate of drug-likeness (QED) is 0.602. The molecule has 0 aliphatic carbocycles. The number of carbonyl (C=O) groups is 1. The molecule has 9 nitrogen and oxygen atoms in total. The molecule has 3 aliphatic rings. The Morgan fingerprint density at radius 1 is 1.00 bits per heavy atom. The van der Waals surface area contributed by atoms with E-state index in [9.17, 15) is 13.2 Å². The third-order valence-electron chi connectivity index (χ3n) is 7.39. The number of sulfonamides is 1. The lowest BCUT2D eigenvalue weighted by atomic mass is 9.94. The third-order valence-corrected chi connectivity index (χ3v) is 9.45. The van der Waals surface area contributed by atoms with E-state index in [1.165, 1.54) is 4.31 Å². The smallest absolute Gasteiger partial charge is 0.248 e. The summed E-state index contributed by atoms with van der Waals surface area (Å²) < 4.78 is 45.4. The highest BCUT2D eigenvalue weighted by atomic mass is 32.2. The van der Waals surface area contributed by atoms with Gasteiger partial charge in [-0.3, -0.25) is 4.79 Å². The summed E-state index contributed by atoms with van der Waals surface area (Å²) in [7, 11) is -3.81. The minimum atomic E-state index is -3.81. The van der Waals surface area contributed by atoms with Crippen molar-refractivity contribution in [2.45, 2.75) is 50.2 Å². The van der Waals surface area contributed by atoms with Crippen LogP contribution in [-0.2, 0) is 24.3 Å². The molecule has 1 spiro atoms. The number of ether oxygens (including phenoxy) is 2. The largest absolute Gasteiger partial charge is 0.355 e. The van der Waals surface area contributed by atoms with Gasteiger partial charge in [-0.15, -0.1) is 0 Å². The number of benzene rings is 1. The van der Waals surface area contributed by atoms with Crippen molar-refractivity contribution in [3.05, 3.63) is 46.8 Å². The summed E-state index contributed by atoms with van der Waals surface area (Å²) in [4.78, 5) is 15.1. The zero-order chi connectivity index (χ0) is 25.3. The van der Waals surface area contributed by atoms with Crippen LogP contribution in [0.1, 0.15) is 48.3 Å². The molecule has 3 saturated heterocycles. The third kappa shape index (κ3) is 5.00. The van der Waals surface area contributed by atoms with Crippen molar-refractivity contribution in [1.29, 1.82) is 0 Å². The van der Waals surface area contributed by atoms with Crippen molar-refractivity contribution in [1.82, 2.24) is 14.4 Å². The standard InChI is InChI=1S/C26H33N3O6S/c1-19-3-5-21(6-4-19)7-8-23-24(20(2)27-35-23)36(31,32)29-13-9-22(10-14-29)25(30)28-15-11-26(12-16-28)33-17-18-34-26/h3-8,22H,9-18H2,1-2H3/b8-7+. The van der Waals surface area contributed by atoms with Crippen LogP contribution in [0.15, 0.2) is 33.7 Å². The number of rotatable bonds is 5. The Hall–Kier alpha value is -2.53. The van der Waals surface area contributed by atoms with Crippen LogP contribution in [-0.4, -0.2) is 73.9 Å². The number of hydrogen-bond donors (Lipinski definition) is 0. The summed E-state index contributed by atoms with van der Waals surface area (Å²) in [5, 5.41) is 3.93. The number of amides is 1. The fraction of sp³-hybridized carbons (Fsp3) is 0.538. The van der Waals surface area contributed by atoms with Crippen LogP contribution in [0.5, 0.6) is 0 Å². The Balaban J connectivity index is 1.22. The van der Waals surface area contributed by atoms with Gasteiger partial charge in [0.1, 0.15) is 5.69 Å². The highest BCUT2D eigenvalue weighted by Crippen LogP contribution is 2.34. The zero-order valence-corrected chi connectivity index (χ0v) is 21.6. The van der Waals surface area contributed by atoms with Crippen molar-refractivity contribution in [2.75, 3.05) is 39.4 Å². The predicted molar refractivity (Wildman–Crippen MR) is 133 cm³/mol. The highest BCUT2D eigenvalue weighted by molar-refractivity contribution is 7.89. The topological polar surface area (TPSA) is 102 Å². The van der Waals surface area contributed by atoms with Crippen LogP contribution in [0.25, 0.3) is 12.2 Å². The molecular formula is C26H33N3O6S. The van der Waals surface area contributed by atoms with E-state index in [1.807, 2.05) is 42.2 Å². The molecule has 1 aromatic heterocycles. The van der Waals surface area contributed by atoms with Gasteiger partial charge in [-0.1, -0.05) is 41.1 Å². The molecular weight excluding hydrogens is 482 g/mol. The highest BCUT2D eigenvalue weighted by Gasteiger charge is 2.42. The number of carbonyl (C=O) groups excluding carboxylic acids is 1. The Bertz CT molecular complexity index is 1210. The lowest BCUT2D eigenvalue weighted by Crippen LogP contribution is -2.50. The van der Waals surface area contributed by atoms with Crippen LogP contribution < -0.4 is 0 Å². The average molecular weight is 516 g/mol. The first kappa shape index (κ1) is 25.1. The zero-order valence-electron chi connectivity index (χ0n) is 20.8. The molecule has 3 fully saturated rings. The number of nitrogens with zero attached hydrogens (tertiary/aromatic N) is 3. The number of likely N-dealkylation sites (tertiary alicyclic amines) is 1. The summed E-state index contributed by atoms with van der Waals surface area (Å²) in [5.74, 6) is -0.385. The lowest BCUT2D eigenvalue weighted by Gasteiger charge is -2.40. The van der Waals surface area contributed by atoms with Crippen LogP contribution >= 0.6 is 0 Å². The predicted octanol–water partition coefficient (Wildman–Crippen LogP) is 3.23. The van der Waals surface area contributed by atoms with Gasteiger partial charge >= 0.3 is 0 Å². The molecule has 3 aliphatic heterocycles. The van der Waals surface area contributed by atoms with E-state index in [-0.39, 0.29) is 35.6 Å². The van der Waals surface area contributed by atoms with Gasteiger partial charge in [-0.25, -0.2) is 8.42 Å². The van der Waals surface area contributed by atoms with Crippen LogP contribution in [0.3, 0.4) is 0 Å². The van der Waals surface area contributed by atoms with Crippen LogP contribution in [0.2, 0.25) is 0 Å². The molecule has 0 saturated carbocycles. The number of hydrogen-bond acceptors (Lipinski definition) is 7. The van der Waals surface area contributed by atoms with E-state index in [4.69, 9.17) is 14.0 Å². The molecule has 2 aromatic rings. The van der Waals surface area contributed by atoms with Gasteiger partial charge in [-0.2, -0.15) is 4.31 Å². The molecule has 1 amide bonds. The van der Waals surface area contributed by atoms with Gasteiger partial charge in [0.2, 0.25) is 15.9 Å². The molecule has 5 rings (SSSR count). The summed E-state index contributed by atoms with van der Waals surface area (Å²) in [6.07, 6.45) is 5.80. The minimum absolute atomic E-state index is 0.0912. The van der Waals surface area contributed by atoms with Gasteiger partial charge in [0.05, 0.1) is 13.2 Å². The van der Waals surface area contributed by atoms with Gasteiger partial charge in [-0.05, 0) is 38.3 Å².